The van der Waals surface area contributed by atoms with Crippen molar-refractivity contribution in [1.82, 2.24) is 10.2 Å². The Kier molecular flexibility index (Phi) is 6.95. The molecule has 1 atom stereocenters. The van der Waals surface area contributed by atoms with E-state index in [-0.39, 0.29) is 24.3 Å². The Hall–Kier alpha value is -2.40. The van der Waals surface area contributed by atoms with E-state index in [0.717, 1.165) is 16.9 Å². The zero-order valence-corrected chi connectivity index (χ0v) is 15.0. The molecule has 0 aliphatic rings. The van der Waals surface area contributed by atoms with E-state index < -0.39 is 0 Å². The molecule has 0 saturated carbocycles. The van der Waals surface area contributed by atoms with E-state index in [1.54, 1.807) is 12.1 Å². The molecule has 134 valence electrons. The van der Waals surface area contributed by atoms with Crippen molar-refractivity contribution in [3.8, 4) is 5.75 Å². The third kappa shape index (κ3) is 6.55. The molecule has 5 heteroatoms. The fourth-order valence-corrected chi connectivity index (χ4v) is 2.47. The number of benzene rings is 2. The van der Waals surface area contributed by atoms with Gasteiger partial charge in [-0.2, -0.15) is 0 Å². The van der Waals surface area contributed by atoms with Crippen LogP contribution in [0.25, 0.3) is 0 Å². The van der Waals surface area contributed by atoms with Gasteiger partial charge in [0.15, 0.2) is 0 Å². The van der Waals surface area contributed by atoms with Gasteiger partial charge in [-0.1, -0.05) is 24.3 Å². The zero-order chi connectivity index (χ0) is 18.2. The Morgan fingerprint density at radius 3 is 2.64 bits per heavy atom. The summed E-state index contributed by atoms with van der Waals surface area (Å²) in [5.74, 6) is 0.480. The number of hydrogen-bond acceptors (Lipinski definition) is 3. The van der Waals surface area contributed by atoms with Gasteiger partial charge in [0, 0.05) is 6.54 Å². The highest BCUT2D eigenvalue weighted by molar-refractivity contribution is 5.78. The second-order valence-corrected chi connectivity index (χ2v) is 6.24. The monoisotopic (exact) mass is 344 g/mol. The summed E-state index contributed by atoms with van der Waals surface area (Å²) in [6.45, 7) is 5.34. The van der Waals surface area contributed by atoms with E-state index in [9.17, 15) is 9.18 Å². The van der Waals surface area contributed by atoms with Gasteiger partial charge in [0.05, 0.1) is 12.6 Å². The van der Waals surface area contributed by atoms with Gasteiger partial charge in [-0.3, -0.25) is 9.69 Å². The second-order valence-electron chi connectivity index (χ2n) is 6.24. The number of aryl methyl sites for hydroxylation is 1. The van der Waals surface area contributed by atoms with Crippen LogP contribution in [0.3, 0.4) is 0 Å². The molecule has 0 bridgehead atoms. The number of likely N-dealkylation sites (N-methyl/N-ethyl adjacent to an activating group) is 1. The molecule has 2 aromatic rings. The Labute approximate surface area is 148 Å². The van der Waals surface area contributed by atoms with Gasteiger partial charge in [-0.15, -0.1) is 0 Å². The first-order chi connectivity index (χ1) is 11.9. The summed E-state index contributed by atoms with van der Waals surface area (Å²) in [4.78, 5) is 14.0. The van der Waals surface area contributed by atoms with Crippen LogP contribution < -0.4 is 10.1 Å². The number of halogens is 1. The standard InChI is InChI=1S/C20H25FN2O2/c1-15-5-4-6-19(13-15)25-12-11-23(3)14-20(24)22-16(2)17-7-9-18(21)10-8-17/h4-10,13,16H,11-12,14H2,1-3H3,(H,22,24). The number of ether oxygens (including phenoxy) is 1. The molecule has 2 rings (SSSR count). The minimum absolute atomic E-state index is 0.0742. The van der Waals surface area contributed by atoms with Gasteiger partial charge in [0.25, 0.3) is 0 Å². The predicted octanol–water partition coefficient (Wildman–Crippen LogP) is 3.32. The SMILES string of the molecule is Cc1cccc(OCCN(C)CC(=O)NC(C)c2ccc(F)cc2)c1. The molecular weight excluding hydrogens is 319 g/mol. The molecule has 0 heterocycles. The van der Waals surface area contributed by atoms with Crippen molar-refractivity contribution < 1.29 is 13.9 Å². The summed E-state index contributed by atoms with van der Waals surface area (Å²) in [6, 6.07) is 13.9. The van der Waals surface area contributed by atoms with Crippen LogP contribution in [0.15, 0.2) is 48.5 Å². The van der Waals surface area contributed by atoms with Crippen molar-refractivity contribution in [1.29, 1.82) is 0 Å². The van der Waals surface area contributed by atoms with Crippen molar-refractivity contribution in [2.75, 3.05) is 26.7 Å². The molecule has 0 aromatic heterocycles. The molecule has 25 heavy (non-hydrogen) atoms. The zero-order valence-electron chi connectivity index (χ0n) is 15.0. The van der Waals surface area contributed by atoms with Crippen molar-refractivity contribution in [2.45, 2.75) is 19.9 Å². The first-order valence-corrected chi connectivity index (χ1v) is 8.37. The van der Waals surface area contributed by atoms with Crippen LogP contribution in [0, 0.1) is 12.7 Å². The van der Waals surface area contributed by atoms with Crippen molar-refractivity contribution >= 4 is 5.91 Å². The molecule has 0 spiro atoms. The highest BCUT2D eigenvalue weighted by Crippen LogP contribution is 2.13. The molecule has 2 aromatic carbocycles. The first-order valence-electron chi connectivity index (χ1n) is 8.37. The maximum Gasteiger partial charge on any atom is 0.234 e. The van der Waals surface area contributed by atoms with Crippen LogP contribution in [0.4, 0.5) is 4.39 Å². The van der Waals surface area contributed by atoms with Gasteiger partial charge in [-0.05, 0) is 56.3 Å². The first kappa shape index (κ1) is 18.9. The summed E-state index contributed by atoms with van der Waals surface area (Å²) >= 11 is 0. The molecule has 0 fully saturated rings. The highest BCUT2D eigenvalue weighted by Gasteiger charge is 2.11. The molecule has 0 radical (unpaired) electrons. The average Bonchev–Trinajstić information content (AvgIpc) is 2.55. The van der Waals surface area contributed by atoms with E-state index >= 15 is 0 Å². The quantitative estimate of drug-likeness (QED) is 0.799. The van der Waals surface area contributed by atoms with E-state index in [0.29, 0.717) is 13.2 Å². The van der Waals surface area contributed by atoms with Crippen molar-refractivity contribution in [2.24, 2.45) is 0 Å². The molecule has 1 N–H and O–H groups in total. The van der Waals surface area contributed by atoms with Crippen LogP contribution in [-0.2, 0) is 4.79 Å². The van der Waals surface area contributed by atoms with Gasteiger partial charge in [0.1, 0.15) is 18.2 Å². The van der Waals surface area contributed by atoms with Crippen LogP contribution in [0.1, 0.15) is 24.1 Å². The van der Waals surface area contributed by atoms with E-state index in [2.05, 4.69) is 5.32 Å². The minimum Gasteiger partial charge on any atom is -0.492 e. The third-order valence-corrected chi connectivity index (χ3v) is 3.89. The predicted molar refractivity (Wildman–Crippen MR) is 97.1 cm³/mol. The summed E-state index contributed by atoms with van der Waals surface area (Å²) in [6.07, 6.45) is 0. The van der Waals surface area contributed by atoms with Crippen molar-refractivity contribution in [3.63, 3.8) is 0 Å². The molecule has 4 nitrogen and oxygen atoms in total. The molecular formula is C20H25FN2O2. The van der Waals surface area contributed by atoms with Gasteiger partial charge >= 0.3 is 0 Å². The average molecular weight is 344 g/mol. The Morgan fingerprint density at radius 1 is 1.24 bits per heavy atom. The number of hydrogen-bond donors (Lipinski definition) is 1. The Bertz CT molecular complexity index is 688. The maximum absolute atomic E-state index is 12.9. The summed E-state index contributed by atoms with van der Waals surface area (Å²) in [5, 5.41) is 2.92. The molecule has 0 aliphatic heterocycles. The molecule has 1 unspecified atom stereocenters. The van der Waals surface area contributed by atoms with Crippen LogP contribution >= 0.6 is 0 Å². The fourth-order valence-electron chi connectivity index (χ4n) is 2.47. The van der Waals surface area contributed by atoms with Gasteiger partial charge in [0.2, 0.25) is 5.91 Å². The largest absolute Gasteiger partial charge is 0.492 e. The van der Waals surface area contributed by atoms with Crippen LogP contribution in [-0.4, -0.2) is 37.6 Å². The lowest BCUT2D eigenvalue weighted by Crippen LogP contribution is -2.38. The van der Waals surface area contributed by atoms with E-state index in [1.807, 2.05) is 50.1 Å². The Balaban J connectivity index is 1.71. The van der Waals surface area contributed by atoms with E-state index in [4.69, 9.17) is 4.74 Å². The molecule has 0 saturated heterocycles. The summed E-state index contributed by atoms with van der Waals surface area (Å²) in [7, 11) is 1.88. The molecule has 1 amide bonds. The number of amides is 1. The van der Waals surface area contributed by atoms with Gasteiger partial charge < -0.3 is 10.1 Å². The number of carbonyl (C=O) groups excluding carboxylic acids is 1. The van der Waals surface area contributed by atoms with Crippen molar-refractivity contribution in [3.05, 3.63) is 65.5 Å². The van der Waals surface area contributed by atoms with Crippen LogP contribution in [0.5, 0.6) is 5.75 Å². The lowest BCUT2D eigenvalue weighted by molar-refractivity contribution is -0.122. The topological polar surface area (TPSA) is 41.6 Å². The van der Waals surface area contributed by atoms with E-state index in [1.165, 1.54) is 12.1 Å². The maximum atomic E-state index is 12.9. The minimum atomic E-state index is -0.282. The van der Waals surface area contributed by atoms with Gasteiger partial charge in [-0.25, -0.2) is 4.39 Å². The number of carbonyl (C=O) groups is 1. The highest BCUT2D eigenvalue weighted by atomic mass is 19.1. The van der Waals surface area contributed by atoms with Crippen LogP contribution in [0.2, 0.25) is 0 Å². The Morgan fingerprint density at radius 2 is 1.96 bits per heavy atom. The lowest BCUT2D eigenvalue weighted by atomic mass is 10.1. The number of nitrogens with one attached hydrogen (secondary N) is 1. The fraction of sp³-hybridized carbons (Fsp3) is 0.350. The third-order valence-electron chi connectivity index (χ3n) is 3.89. The lowest BCUT2D eigenvalue weighted by Gasteiger charge is -2.19. The summed E-state index contributed by atoms with van der Waals surface area (Å²) < 4.78 is 18.6. The normalized spacial score (nSPS) is 12.0. The number of rotatable bonds is 8. The summed E-state index contributed by atoms with van der Waals surface area (Å²) in [5.41, 5.74) is 2.03. The second kappa shape index (κ2) is 9.18. The smallest absolute Gasteiger partial charge is 0.234 e. The number of nitrogens with zero attached hydrogens (tertiary/aromatic N) is 1. The molecule has 0 aliphatic carbocycles.